The van der Waals surface area contributed by atoms with Crippen molar-refractivity contribution in [3.8, 4) is 0 Å². The number of hydrogen-bond donors (Lipinski definition) is 1. The molecule has 1 amide bonds. The first kappa shape index (κ1) is 18.7. The van der Waals surface area contributed by atoms with Gasteiger partial charge in [-0.15, -0.1) is 0 Å². The summed E-state index contributed by atoms with van der Waals surface area (Å²) in [7, 11) is -3.19. The van der Waals surface area contributed by atoms with Crippen molar-refractivity contribution in [3.63, 3.8) is 0 Å². The van der Waals surface area contributed by atoms with Crippen molar-refractivity contribution in [2.24, 2.45) is 5.92 Å². The van der Waals surface area contributed by atoms with Gasteiger partial charge in [-0.1, -0.05) is 6.42 Å². The van der Waals surface area contributed by atoms with E-state index in [0.29, 0.717) is 25.7 Å². The number of nitrogens with one attached hydrogen (secondary N) is 1. The van der Waals surface area contributed by atoms with Crippen LogP contribution in [0, 0.1) is 5.92 Å². The molecule has 1 N–H and O–H groups in total. The maximum absolute atomic E-state index is 12.3. The van der Waals surface area contributed by atoms with Crippen LogP contribution in [0.15, 0.2) is 0 Å². The maximum Gasteiger partial charge on any atom is 0.224 e. The Hall–Kier alpha value is -0.660. The summed E-state index contributed by atoms with van der Waals surface area (Å²) in [6, 6.07) is 0.598. The van der Waals surface area contributed by atoms with Crippen molar-refractivity contribution < 1.29 is 13.2 Å². The Morgan fingerprint density at radius 1 is 1.17 bits per heavy atom. The average molecular weight is 346 g/mol. The normalized spacial score (nSPS) is 27.7. The number of carbonyl (C=O) groups excluding carboxylic acids is 1. The highest BCUT2D eigenvalue weighted by Crippen LogP contribution is 2.20. The van der Waals surface area contributed by atoms with Crippen molar-refractivity contribution in [1.29, 1.82) is 0 Å². The maximum atomic E-state index is 12.3. The Bertz CT molecular complexity index is 495. The van der Waals surface area contributed by atoms with Crippen molar-refractivity contribution in [3.05, 3.63) is 0 Å². The van der Waals surface area contributed by atoms with Gasteiger partial charge in [-0.2, -0.15) is 0 Å². The molecule has 0 aromatic carbocycles. The molecule has 2 heterocycles. The van der Waals surface area contributed by atoms with E-state index in [1.54, 1.807) is 6.92 Å². The van der Waals surface area contributed by atoms with Crippen LogP contribution in [0.2, 0.25) is 0 Å². The number of nitrogens with zero attached hydrogens (tertiary/aromatic N) is 2. The van der Waals surface area contributed by atoms with Crippen LogP contribution in [0.5, 0.6) is 0 Å². The van der Waals surface area contributed by atoms with Crippen LogP contribution >= 0.6 is 0 Å². The summed E-state index contributed by atoms with van der Waals surface area (Å²) in [5.74, 6) is -0.0942. The van der Waals surface area contributed by atoms with Crippen LogP contribution in [0.25, 0.3) is 0 Å². The molecule has 2 saturated heterocycles. The summed E-state index contributed by atoms with van der Waals surface area (Å²) < 4.78 is 25.4. The van der Waals surface area contributed by atoms with Gasteiger partial charge in [0.1, 0.15) is 0 Å². The van der Waals surface area contributed by atoms with Crippen LogP contribution in [0.4, 0.5) is 0 Å². The molecular formula is C16H31N3O3S. The predicted octanol–water partition coefficient (Wildman–Crippen LogP) is 1.04. The molecule has 0 aliphatic carbocycles. The lowest BCUT2D eigenvalue weighted by Crippen LogP contribution is -2.47. The van der Waals surface area contributed by atoms with Gasteiger partial charge in [-0.3, -0.25) is 9.69 Å². The minimum absolute atomic E-state index is 0.00525. The quantitative estimate of drug-likeness (QED) is 0.781. The Balaban J connectivity index is 1.76. The Kier molecular flexibility index (Phi) is 6.85. The van der Waals surface area contributed by atoms with Gasteiger partial charge in [-0.25, -0.2) is 12.7 Å². The molecule has 0 radical (unpaired) electrons. The van der Waals surface area contributed by atoms with Crippen molar-refractivity contribution in [1.82, 2.24) is 14.5 Å². The number of rotatable bonds is 6. The number of likely N-dealkylation sites (tertiary alicyclic amines) is 1. The van der Waals surface area contributed by atoms with Gasteiger partial charge >= 0.3 is 0 Å². The van der Waals surface area contributed by atoms with Gasteiger partial charge in [-0.05, 0) is 46.1 Å². The van der Waals surface area contributed by atoms with E-state index in [9.17, 15) is 13.2 Å². The van der Waals surface area contributed by atoms with E-state index in [4.69, 9.17) is 0 Å². The van der Waals surface area contributed by atoms with E-state index in [1.165, 1.54) is 23.6 Å². The van der Waals surface area contributed by atoms with Gasteiger partial charge < -0.3 is 5.32 Å². The summed E-state index contributed by atoms with van der Waals surface area (Å²) in [5.41, 5.74) is 0. The lowest BCUT2D eigenvalue weighted by atomic mass is 9.99. The summed E-state index contributed by atoms with van der Waals surface area (Å²) in [4.78, 5) is 14.8. The minimum Gasteiger partial charge on any atom is -0.355 e. The van der Waals surface area contributed by atoms with Gasteiger partial charge in [0, 0.05) is 32.2 Å². The third-order valence-corrected chi connectivity index (χ3v) is 7.00. The van der Waals surface area contributed by atoms with Gasteiger partial charge in [0.15, 0.2) is 0 Å². The van der Waals surface area contributed by atoms with Crippen LogP contribution < -0.4 is 5.32 Å². The molecular weight excluding hydrogens is 314 g/mol. The SMILES string of the molecule is CCS(=O)(=O)N1CCCC(C(=O)NCCN2CCCCC2C)C1. The number of carbonyl (C=O) groups is 1. The van der Waals surface area contributed by atoms with Crippen LogP contribution in [0.1, 0.15) is 46.0 Å². The largest absolute Gasteiger partial charge is 0.355 e. The Morgan fingerprint density at radius 3 is 2.65 bits per heavy atom. The van der Waals surface area contributed by atoms with Gasteiger partial charge in [0.25, 0.3) is 0 Å². The summed E-state index contributed by atoms with van der Waals surface area (Å²) in [5, 5.41) is 3.01. The van der Waals surface area contributed by atoms with E-state index in [2.05, 4.69) is 17.1 Å². The average Bonchev–Trinajstić information content (AvgIpc) is 2.56. The number of amides is 1. The first-order chi connectivity index (χ1) is 10.9. The zero-order valence-corrected chi connectivity index (χ0v) is 15.3. The van der Waals surface area contributed by atoms with E-state index < -0.39 is 10.0 Å². The number of hydrogen-bond acceptors (Lipinski definition) is 4. The molecule has 2 aliphatic heterocycles. The molecule has 0 bridgehead atoms. The van der Waals surface area contributed by atoms with Gasteiger partial charge in [0.2, 0.25) is 15.9 Å². The first-order valence-electron chi connectivity index (χ1n) is 8.93. The molecule has 0 aromatic heterocycles. The van der Waals surface area contributed by atoms with Crippen LogP contribution in [-0.2, 0) is 14.8 Å². The summed E-state index contributed by atoms with van der Waals surface area (Å²) in [6.45, 7) is 7.43. The second kappa shape index (κ2) is 8.44. The highest BCUT2D eigenvalue weighted by atomic mass is 32.2. The zero-order chi connectivity index (χ0) is 16.9. The second-order valence-corrected chi connectivity index (χ2v) is 9.03. The molecule has 2 atom stereocenters. The second-order valence-electron chi connectivity index (χ2n) is 6.77. The molecule has 2 fully saturated rings. The molecule has 23 heavy (non-hydrogen) atoms. The van der Waals surface area contributed by atoms with E-state index in [1.807, 2.05) is 0 Å². The molecule has 0 saturated carbocycles. The molecule has 6 nitrogen and oxygen atoms in total. The van der Waals surface area contributed by atoms with E-state index in [-0.39, 0.29) is 17.6 Å². The standard InChI is InChI=1S/C16H31N3O3S/c1-3-23(21,22)19-11-6-8-15(13-19)16(20)17-9-12-18-10-5-4-7-14(18)2/h14-15H,3-13H2,1-2H3,(H,17,20). The van der Waals surface area contributed by atoms with Crippen LogP contribution in [-0.4, -0.2) is 68.0 Å². The zero-order valence-electron chi connectivity index (χ0n) is 14.5. The molecule has 2 aliphatic rings. The van der Waals surface area contributed by atoms with E-state index >= 15 is 0 Å². The lowest BCUT2D eigenvalue weighted by Gasteiger charge is -2.34. The summed E-state index contributed by atoms with van der Waals surface area (Å²) in [6.07, 6.45) is 5.32. The van der Waals surface area contributed by atoms with Crippen LogP contribution in [0.3, 0.4) is 0 Å². The molecule has 2 unspecified atom stereocenters. The van der Waals surface area contributed by atoms with E-state index in [0.717, 1.165) is 25.9 Å². The smallest absolute Gasteiger partial charge is 0.224 e. The number of sulfonamides is 1. The fourth-order valence-electron chi connectivity index (χ4n) is 3.55. The molecule has 134 valence electrons. The van der Waals surface area contributed by atoms with Gasteiger partial charge in [0.05, 0.1) is 11.7 Å². The number of piperidine rings is 2. The van der Waals surface area contributed by atoms with Crippen molar-refractivity contribution in [2.75, 3.05) is 38.5 Å². The third-order valence-electron chi connectivity index (χ3n) is 5.15. The molecule has 0 spiro atoms. The Labute approximate surface area is 140 Å². The van der Waals surface area contributed by atoms with Crippen molar-refractivity contribution >= 4 is 15.9 Å². The highest BCUT2D eigenvalue weighted by Gasteiger charge is 2.31. The Morgan fingerprint density at radius 2 is 1.96 bits per heavy atom. The highest BCUT2D eigenvalue weighted by molar-refractivity contribution is 7.89. The molecule has 0 aromatic rings. The fraction of sp³-hybridized carbons (Fsp3) is 0.938. The predicted molar refractivity (Wildman–Crippen MR) is 91.7 cm³/mol. The molecule has 2 rings (SSSR count). The molecule has 7 heteroatoms. The summed E-state index contributed by atoms with van der Waals surface area (Å²) >= 11 is 0. The topological polar surface area (TPSA) is 69.7 Å². The van der Waals surface area contributed by atoms with Crippen molar-refractivity contribution in [2.45, 2.75) is 52.0 Å². The first-order valence-corrected chi connectivity index (χ1v) is 10.5. The monoisotopic (exact) mass is 345 g/mol. The third kappa shape index (κ3) is 5.16. The fourth-order valence-corrected chi connectivity index (χ4v) is 4.73. The minimum atomic E-state index is -3.19. The lowest BCUT2D eigenvalue weighted by molar-refractivity contribution is -0.126.